The van der Waals surface area contributed by atoms with E-state index < -0.39 is 0 Å². The van der Waals surface area contributed by atoms with Crippen LogP contribution in [0.5, 0.6) is 0 Å². The number of hydrogen-bond acceptors (Lipinski definition) is 4. The van der Waals surface area contributed by atoms with Crippen molar-refractivity contribution in [2.45, 2.75) is 33.2 Å². The number of unbranched alkanes of at least 4 members (excludes halogenated alkanes) is 1. The minimum atomic E-state index is -0.247. The summed E-state index contributed by atoms with van der Waals surface area (Å²) in [6, 6.07) is 2.87. The summed E-state index contributed by atoms with van der Waals surface area (Å²) < 4.78 is 6.50. The Morgan fingerprint density at radius 2 is 2.25 bits per heavy atom. The van der Waals surface area contributed by atoms with Crippen molar-refractivity contribution >= 4 is 5.91 Å². The highest BCUT2D eigenvalue weighted by Gasteiger charge is 2.33. The molecule has 2 rings (SSSR count). The highest BCUT2D eigenvalue weighted by molar-refractivity contribution is 5.92. The highest BCUT2D eigenvalue weighted by atomic mass is 16.5. The number of amides is 1. The van der Waals surface area contributed by atoms with E-state index in [0.717, 1.165) is 12.8 Å². The quantitative estimate of drug-likeness (QED) is 0.836. The summed E-state index contributed by atoms with van der Waals surface area (Å²) in [4.78, 5) is 23.7. The SMILES string of the molecule is CCCCn1nc(C(=O)NCC2(C)COC2)ccc1=O. The van der Waals surface area contributed by atoms with Gasteiger partial charge in [0.2, 0.25) is 0 Å². The minimum absolute atomic E-state index is 0.0202. The van der Waals surface area contributed by atoms with Crippen LogP contribution in [-0.2, 0) is 11.3 Å². The third kappa shape index (κ3) is 3.45. The molecular weight excluding hydrogens is 258 g/mol. The molecule has 0 unspecified atom stereocenters. The molecule has 6 nitrogen and oxygen atoms in total. The third-order valence-corrected chi connectivity index (χ3v) is 3.40. The second-order valence-corrected chi connectivity index (χ2v) is 5.62. The van der Waals surface area contributed by atoms with Gasteiger partial charge in [0, 0.05) is 24.6 Å². The first-order chi connectivity index (χ1) is 9.54. The lowest BCUT2D eigenvalue weighted by Gasteiger charge is -2.37. The zero-order valence-electron chi connectivity index (χ0n) is 12.0. The maximum atomic E-state index is 12.0. The van der Waals surface area contributed by atoms with Gasteiger partial charge in [0.1, 0.15) is 5.69 Å². The van der Waals surface area contributed by atoms with Crippen molar-refractivity contribution in [1.29, 1.82) is 0 Å². The van der Waals surface area contributed by atoms with E-state index in [-0.39, 0.29) is 22.6 Å². The lowest BCUT2D eigenvalue weighted by molar-refractivity contribution is -0.0978. The van der Waals surface area contributed by atoms with Crippen LogP contribution in [0.4, 0.5) is 0 Å². The summed E-state index contributed by atoms with van der Waals surface area (Å²) in [5, 5.41) is 6.96. The number of nitrogens with one attached hydrogen (secondary N) is 1. The Kier molecular flexibility index (Phi) is 4.54. The summed E-state index contributed by atoms with van der Waals surface area (Å²) in [7, 11) is 0. The molecule has 6 heteroatoms. The predicted octanol–water partition coefficient (Wildman–Crippen LogP) is 0.810. The zero-order chi connectivity index (χ0) is 14.6. The molecule has 0 spiro atoms. The van der Waals surface area contributed by atoms with Crippen LogP contribution in [0.2, 0.25) is 0 Å². The summed E-state index contributed by atoms with van der Waals surface area (Å²) in [5.41, 5.74) is 0.130. The van der Waals surface area contributed by atoms with E-state index >= 15 is 0 Å². The molecule has 0 aliphatic carbocycles. The second kappa shape index (κ2) is 6.17. The first kappa shape index (κ1) is 14.7. The minimum Gasteiger partial charge on any atom is -0.380 e. The molecule has 0 saturated carbocycles. The monoisotopic (exact) mass is 279 g/mol. The van der Waals surface area contributed by atoms with Crippen LogP contribution in [0.15, 0.2) is 16.9 Å². The lowest BCUT2D eigenvalue weighted by Crippen LogP contribution is -2.48. The molecule has 1 amide bonds. The Morgan fingerprint density at radius 1 is 1.50 bits per heavy atom. The van der Waals surface area contributed by atoms with E-state index in [0.29, 0.717) is 26.3 Å². The maximum Gasteiger partial charge on any atom is 0.271 e. The van der Waals surface area contributed by atoms with Crippen molar-refractivity contribution in [3.63, 3.8) is 0 Å². The Labute approximate surface area is 118 Å². The fraction of sp³-hybridized carbons (Fsp3) is 0.643. The van der Waals surface area contributed by atoms with E-state index in [4.69, 9.17) is 4.74 Å². The van der Waals surface area contributed by atoms with E-state index in [1.807, 2.05) is 6.92 Å². The van der Waals surface area contributed by atoms with Gasteiger partial charge in [0.15, 0.2) is 0 Å². The van der Waals surface area contributed by atoms with Gasteiger partial charge in [0.05, 0.1) is 13.2 Å². The number of aromatic nitrogens is 2. The van der Waals surface area contributed by atoms with E-state index in [1.54, 1.807) is 0 Å². The molecule has 1 fully saturated rings. The average molecular weight is 279 g/mol. The second-order valence-electron chi connectivity index (χ2n) is 5.62. The zero-order valence-corrected chi connectivity index (χ0v) is 12.0. The standard InChI is InChI=1S/C14H21N3O3/c1-3-4-7-17-12(18)6-5-11(16-17)13(19)15-8-14(2)9-20-10-14/h5-6H,3-4,7-10H2,1-2H3,(H,15,19). The predicted molar refractivity (Wildman–Crippen MR) is 74.7 cm³/mol. The molecule has 0 atom stereocenters. The lowest BCUT2D eigenvalue weighted by atomic mass is 9.89. The van der Waals surface area contributed by atoms with Crippen molar-refractivity contribution < 1.29 is 9.53 Å². The Bertz CT molecular complexity index is 535. The number of carbonyl (C=O) groups excluding carboxylic acids is 1. The topological polar surface area (TPSA) is 73.2 Å². The maximum absolute atomic E-state index is 12.0. The number of carbonyl (C=O) groups is 1. The van der Waals surface area contributed by atoms with Gasteiger partial charge in [-0.3, -0.25) is 9.59 Å². The van der Waals surface area contributed by atoms with Gasteiger partial charge < -0.3 is 10.1 Å². The average Bonchev–Trinajstić information content (AvgIpc) is 2.41. The van der Waals surface area contributed by atoms with E-state index in [9.17, 15) is 9.59 Å². The Hall–Kier alpha value is -1.69. The molecule has 2 heterocycles. The summed E-state index contributed by atoms with van der Waals surface area (Å²) >= 11 is 0. The summed E-state index contributed by atoms with van der Waals surface area (Å²) in [6.07, 6.45) is 1.84. The van der Waals surface area contributed by atoms with Gasteiger partial charge in [-0.15, -0.1) is 0 Å². The van der Waals surface area contributed by atoms with E-state index in [2.05, 4.69) is 17.3 Å². The highest BCUT2D eigenvalue weighted by Crippen LogP contribution is 2.25. The molecule has 1 aromatic heterocycles. The fourth-order valence-electron chi connectivity index (χ4n) is 1.97. The van der Waals surface area contributed by atoms with Crippen LogP contribution < -0.4 is 10.9 Å². The van der Waals surface area contributed by atoms with Crippen molar-refractivity contribution in [3.05, 3.63) is 28.2 Å². The molecule has 0 aromatic carbocycles. The van der Waals surface area contributed by atoms with Crippen molar-refractivity contribution in [3.8, 4) is 0 Å². The van der Waals surface area contributed by atoms with Gasteiger partial charge in [-0.25, -0.2) is 4.68 Å². The molecule has 1 aliphatic rings. The Morgan fingerprint density at radius 3 is 2.85 bits per heavy atom. The molecule has 110 valence electrons. The normalized spacial score (nSPS) is 16.5. The van der Waals surface area contributed by atoms with Gasteiger partial charge in [-0.1, -0.05) is 20.3 Å². The van der Waals surface area contributed by atoms with Gasteiger partial charge >= 0.3 is 0 Å². The Balaban J connectivity index is 2.00. The largest absolute Gasteiger partial charge is 0.380 e. The molecule has 1 N–H and O–H groups in total. The number of ether oxygens (including phenoxy) is 1. The summed E-state index contributed by atoms with van der Waals surface area (Å²) in [5.74, 6) is -0.247. The molecule has 1 aromatic rings. The first-order valence-corrected chi connectivity index (χ1v) is 6.98. The van der Waals surface area contributed by atoms with Crippen LogP contribution in [0.3, 0.4) is 0 Å². The number of rotatable bonds is 6. The molecule has 20 heavy (non-hydrogen) atoms. The van der Waals surface area contributed by atoms with Gasteiger partial charge in [-0.2, -0.15) is 5.10 Å². The van der Waals surface area contributed by atoms with E-state index in [1.165, 1.54) is 16.8 Å². The van der Waals surface area contributed by atoms with Crippen molar-refractivity contribution in [1.82, 2.24) is 15.1 Å². The molecule has 1 aliphatic heterocycles. The van der Waals surface area contributed by atoms with Crippen LogP contribution >= 0.6 is 0 Å². The number of hydrogen-bond donors (Lipinski definition) is 1. The van der Waals surface area contributed by atoms with Gasteiger partial charge in [-0.05, 0) is 12.5 Å². The fourth-order valence-corrected chi connectivity index (χ4v) is 1.97. The molecule has 1 saturated heterocycles. The van der Waals surface area contributed by atoms with Gasteiger partial charge in [0.25, 0.3) is 11.5 Å². The first-order valence-electron chi connectivity index (χ1n) is 6.98. The van der Waals surface area contributed by atoms with Crippen molar-refractivity contribution in [2.75, 3.05) is 19.8 Å². The third-order valence-electron chi connectivity index (χ3n) is 3.40. The molecular formula is C14H21N3O3. The number of nitrogens with zero attached hydrogens (tertiary/aromatic N) is 2. The molecule has 0 bridgehead atoms. The number of aryl methyl sites for hydroxylation is 1. The van der Waals surface area contributed by atoms with Crippen LogP contribution in [0.1, 0.15) is 37.2 Å². The molecule has 0 radical (unpaired) electrons. The smallest absolute Gasteiger partial charge is 0.271 e. The van der Waals surface area contributed by atoms with Crippen LogP contribution in [0.25, 0.3) is 0 Å². The van der Waals surface area contributed by atoms with Crippen LogP contribution in [-0.4, -0.2) is 35.4 Å². The summed E-state index contributed by atoms with van der Waals surface area (Å²) in [6.45, 7) is 6.53. The van der Waals surface area contributed by atoms with Crippen molar-refractivity contribution in [2.24, 2.45) is 5.41 Å². The van der Waals surface area contributed by atoms with Crippen LogP contribution in [0, 0.1) is 5.41 Å².